The lowest BCUT2D eigenvalue weighted by molar-refractivity contribution is 0.768. The predicted octanol–water partition coefficient (Wildman–Crippen LogP) is 2.00. The first-order valence-corrected chi connectivity index (χ1v) is 4.98. The van der Waals surface area contributed by atoms with Crippen LogP contribution in [0.25, 0.3) is 11.4 Å². The fourth-order valence-electron chi connectivity index (χ4n) is 1.32. The summed E-state index contributed by atoms with van der Waals surface area (Å²) in [5, 5.41) is 4.09. The van der Waals surface area contributed by atoms with Crippen molar-refractivity contribution in [3.63, 3.8) is 0 Å². The van der Waals surface area contributed by atoms with Crippen molar-refractivity contribution in [1.82, 2.24) is 19.7 Å². The Morgan fingerprint density at radius 1 is 1.13 bits per heavy atom. The van der Waals surface area contributed by atoms with E-state index in [1.165, 1.54) is 0 Å². The van der Waals surface area contributed by atoms with Gasteiger partial charge in [0, 0.05) is 25.6 Å². The number of hydrogen-bond acceptors (Lipinski definition) is 3. The van der Waals surface area contributed by atoms with Crippen molar-refractivity contribution >= 4 is 0 Å². The van der Waals surface area contributed by atoms with Crippen molar-refractivity contribution in [3.05, 3.63) is 30.4 Å². The van der Waals surface area contributed by atoms with Crippen LogP contribution in [0, 0.1) is 0 Å². The van der Waals surface area contributed by atoms with Gasteiger partial charge in [-0.15, -0.1) is 0 Å². The lowest BCUT2D eigenvalue weighted by Gasteiger charge is -2.03. The molecular weight excluding hydrogens is 188 g/mol. The summed E-state index contributed by atoms with van der Waals surface area (Å²) in [5.41, 5.74) is 2.11. The van der Waals surface area contributed by atoms with Crippen LogP contribution in [0.1, 0.15) is 25.3 Å². The molecule has 0 unspecified atom stereocenters. The Balaban J connectivity index is 2.31. The zero-order valence-corrected chi connectivity index (χ0v) is 9.18. The Bertz CT molecular complexity index is 442. The van der Waals surface area contributed by atoms with E-state index in [-0.39, 0.29) is 0 Å². The van der Waals surface area contributed by atoms with Gasteiger partial charge in [0.05, 0.1) is 11.8 Å². The van der Waals surface area contributed by atoms with E-state index in [1.54, 1.807) is 10.9 Å². The van der Waals surface area contributed by atoms with E-state index < -0.39 is 0 Å². The molecule has 0 aromatic carbocycles. The highest BCUT2D eigenvalue weighted by atomic mass is 15.2. The molecule has 0 amide bonds. The van der Waals surface area contributed by atoms with Crippen LogP contribution >= 0.6 is 0 Å². The van der Waals surface area contributed by atoms with Gasteiger partial charge >= 0.3 is 0 Å². The van der Waals surface area contributed by atoms with Crippen LogP contribution in [0.4, 0.5) is 0 Å². The zero-order chi connectivity index (χ0) is 10.8. The molecule has 78 valence electrons. The van der Waals surface area contributed by atoms with Crippen molar-refractivity contribution in [2.45, 2.75) is 19.8 Å². The summed E-state index contributed by atoms with van der Waals surface area (Å²) in [4.78, 5) is 8.64. The first-order chi connectivity index (χ1) is 7.16. The number of rotatable bonds is 2. The van der Waals surface area contributed by atoms with E-state index in [0.29, 0.717) is 5.92 Å². The van der Waals surface area contributed by atoms with Gasteiger partial charge in [0.15, 0.2) is 5.82 Å². The minimum Gasteiger partial charge on any atom is -0.275 e. The van der Waals surface area contributed by atoms with Crippen molar-refractivity contribution in [1.29, 1.82) is 0 Å². The smallest absolute Gasteiger partial charge is 0.162 e. The molecule has 0 bridgehead atoms. The van der Waals surface area contributed by atoms with Gasteiger partial charge in [-0.25, -0.2) is 9.97 Å². The third kappa shape index (κ3) is 2.03. The summed E-state index contributed by atoms with van der Waals surface area (Å²) in [5.74, 6) is 1.19. The van der Waals surface area contributed by atoms with Gasteiger partial charge < -0.3 is 0 Å². The highest BCUT2D eigenvalue weighted by Gasteiger charge is 2.04. The topological polar surface area (TPSA) is 43.6 Å². The quantitative estimate of drug-likeness (QED) is 0.748. The molecule has 0 saturated heterocycles. The highest BCUT2D eigenvalue weighted by molar-refractivity contribution is 5.51. The third-order valence-electron chi connectivity index (χ3n) is 2.30. The number of hydrogen-bond donors (Lipinski definition) is 0. The van der Waals surface area contributed by atoms with E-state index >= 15 is 0 Å². The molecule has 0 atom stereocenters. The van der Waals surface area contributed by atoms with Crippen LogP contribution in [0.2, 0.25) is 0 Å². The Hall–Kier alpha value is -1.71. The monoisotopic (exact) mass is 202 g/mol. The van der Waals surface area contributed by atoms with Gasteiger partial charge in [-0.05, 0) is 11.5 Å². The number of aromatic nitrogens is 4. The fraction of sp³-hybridized carbons (Fsp3) is 0.364. The minimum absolute atomic E-state index is 0.466. The molecule has 0 fully saturated rings. The number of nitrogens with zero attached hydrogens (tertiary/aromatic N) is 4. The molecule has 15 heavy (non-hydrogen) atoms. The molecule has 0 aliphatic heterocycles. The van der Waals surface area contributed by atoms with Gasteiger partial charge in [0.2, 0.25) is 0 Å². The molecule has 0 saturated carbocycles. The van der Waals surface area contributed by atoms with Crippen LogP contribution < -0.4 is 0 Å². The first-order valence-electron chi connectivity index (χ1n) is 4.98. The average Bonchev–Trinajstić information content (AvgIpc) is 2.65. The molecule has 0 aliphatic rings. The van der Waals surface area contributed by atoms with Crippen molar-refractivity contribution in [2.24, 2.45) is 7.05 Å². The molecule has 4 nitrogen and oxygen atoms in total. The lowest BCUT2D eigenvalue weighted by Crippen LogP contribution is -1.93. The lowest BCUT2D eigenvalue weighted by atomic mass is 10.1. The van der Waals surface area contributed by atoms with E-state index in [0.717, 1.165) is 17.0 Å². The molecule has 0 radical (unpaired) electrons. The van der Waals surface area contributed by atoms with Crippen LogP contribution in [0.3, 0.4) is 0 Å². The summed E-state index contributed by atoms with van der Waals surface area (Å²) < 4.78 is 1.75. The Kier molecular flexibility index (Phi) is 2.49. The fourth-order valence-corrected chi connectivity index (χ4v) is 1.32. The molecule has 0 N–H and O–H groups in total. The van der Waals surface area contributed by atoms with Gasteiger partial charge in [0.1, 0.15) is 0 Å². The van der Waals surface area contributed by atoms with Crippen molar-refractivity contribution in [3.8, 4) is 11.4 Å². The minimum atomic E-state index is 0.466. The Morgan fingerprint density at radius 2 is 1.80 bits per heavy atom. The SMILES string of the molecule is CC(C)c1cnc(-c2cnn(C)c2)nc1. The largest absolute Gasteiger partial charge is 0.275 e. The van der Waals surface area contributed by atoms with E-state index in [9.17, 15) is 0 Å². The Morgan fingerprint density at radius 3 is 2.27 bits per heavy atom. The molecule has 2 heterocycles. The van der Waals surface area contributed by atoms with Crippen LogP contribution in [0.15, 0.2) is 24.8 Å². The summed E-state index contributed by atoms with van der Waals surface area (Å²) in [7, 11) is 1.88. The predicted molar refractivity (Wildman–Crippen MR) is 58.3 cm³/mol. The first kappa shape index (κ1) is 9.83. The average molecular weight is 202 g/mol. The maximum atomic E-state index is 4.32. The van der Waals surface area contributed by atoms with Crippen LogP contribution in [0.5, 0.6) is 0 Å². The number of aryl methyl sites for hydroxylation is 1. The van der Waals surface area contributed by atoms with E-state index in [2.05, 4.69) is 28.9 Å². The molecule has 2 aromatic rings. The molecule has 2 aromatic heterocycles. The summed E-state index contributed by atoms with van der Waals surface area (Å²) in [6, 6.07) is 0. The normalized spacial score (nSPS) is 10.9. The van der Waals surface area contributed by atoms with Gasteiger partial charge in [0.25, 0.3) is 0 Å². The molecule has 2 rings (SSSR count). The molecule has 4 heteroatoms. The zero-order valence-electron chi connectivity index (χ0n) is 9.18. The molecule has 0 aliphatic carbocycles. The van der Waals surface area contributed by atoms with Crippen molar-refractivity contribution in [2.75, 3.05) is 0 Å². The second-order valence-electron chi connectivity index (χ2n) is 3.90. The van der Waals surface area contributed by atoms with Gasteiger partial charge in [-0.1, -0.05) is 13.8 Å². The second kappa shape index (κ2) is 3.81. The summed E-state index contributed by atoms with van der Waals surface area (Å²) in [6.07, 6.45) is 7.43. The summed E-state index contributed by atoms with van der Waals surface area (Å²) in [6.45, 7) is 4.25. The van der Waals surface area contributed by atoms with Crippen molar-refractivity contribution < 1.29 is 0 Å². The molecular formula is C11H14N4. The van der Waals surface area contributed by atoms with E-state index in [4.69, 9.17) is 0 Å². The summed E-state index contributed by atoms with van der Waals surface area (Å²) >= 11 is 0. The highest BCUT2D eigenvalue weighted by Crippen LogP contribution is 2.16. The maximum Gasteiger partial charge on any atom is 0.162 e. The standard InChI is InChI=1S/C11H14N4/c1-8(2)9-4-12-11(13-5-9)10-6-14-15(3)7-10/h4-8H,1-3H3. The molecule has 0 spiro atoms. The second-order valence-corrected chi connectivity index (χ2v) is 3.90. The third-order valence-corrected chi connectivity index (χ3v) is 2.30. The van der Waals surface area contributed by atoms with Crippen LogP contribution in [-0.4, -0.2) is 19.7 Å². The van der Waals surface area contributed by atoms with Gasteiger partial charge in [-0.2, -0.15) is 5.10 Å². The van der Waals surface area contributed by atoms with Crippen LogP contribution in [-0.2, 0) is 7.05 Å². The Labute approximate surface area is 89.0 Å². The van der Waals surface area contributed by atoms with Gasteiger partial charge in [-0.3, -0.25) is 4.68 Å². The van der Waals surface area contributed by atoms with E-state index in [1.807, 2.05) is 25.6 Å². The maximum absolute atomic E-state index is 4.32.